The van der Waals surface area contributed by atoms with E-state index in [-0.39, 0.29) is 18.7 Å². The van der Waals surface area contributed by atoms with Gasteiger partial charge in [-0.15, -0.1) is 0 Å². The van der Waals surface area contributed by atoms with E-state index >= 15 is 0 Å². The SMILES string of the molecule is COCCN(CCOC)C(=O)c1cc(F)ccc1F. The topological polar surface area (TPSA) is 38.8 Å². The number of ether oxygens (including phenoxy) is 2. The van der Waals surface area contributed by atoms with Crippen LogP contribution < -0.4 is 0 Å². The predicted molar refractivity (Wildman–Crippen MR) is 66.0 cm³/mol. The van der Waals surface area contributed by atoms with E-state index < -0.39 is 17.5 Å². The summed E-state index contributed by atoms with van der Waals surface area (Å²) in [5.74, 6) is -1.97. The first kappa shape index (κ1) is 15.5. The second-order valence-electron chi connectivity index (χ2n) is 3.90. The third-order valence-electron chi connectivity index (χ3n) is 2.58. The van der Waals surface area contributed by atoms with E-state index in [1.165, 1.54) is 19.1 Å². The van der Waals surface area contributed by atoms with Gasteiger partial charge in [0.1, 0.15) is 11.6 Å². The molecule has 0 heterocycles. The van der Waals surface area contributed by atoms with E-state index in [9.17, 15) is 13.6 Å². The summed E-state index contributed by atoms with van der Waals surface area (Å²) in [6.07, 6.45) is 0. The maximum Gasteiger partial charge on any atom is 0.257 e. The Balaban J connectivity index is 2.87. The standard InChI is InChI=1S/C13H17F2NO3/c1-18-7-5-16(6-8-19-2)13(17)11-9-10(14)3-4-12(11)15/h3-4,9H,5-8H2,1-2H3. The van der Waals surface area contributed by atoms with E-state index in [4.69, 9.17) is 9.47 Å². The Hall–Kier alpha value is -1.53. The average molecular weight is 273 g/mol. The number of nitrogens with zero attached hydrogens (tertiary/aromatic N) is 1. The average Bonchev–Trinajstić information content (AvgIpc) is 2.41. The molecule has 0 fully saturated rings. The first-order valence-corrected chi connectivity index (χ1v) is 5.82. The van der Waals surface area contributed by atoms with Gasteiger partial charge in [0, 0.05) is 27.3 Å². The maximum atomic E-state index is 13.5. The van der Waals surface area contributed by atoms with Crippen LogP contribution in [0.1, 0.15) is 10.4 Å². The largest absolute Gasteiger partial charge is 0.383 e. The summed E-state index contributed by atoms with van der Waals surface area (Å²) in [5.41, 5.74) is -0.285. The van der Waals surface area contributed by atoms with Crippen LogP contribution in [0.25, 0.3) is 0 Å². The van der Waals surface area contributed by atoms with E-state index in [2.05, 4.69) is 0 Å². The van der Waals surface area contributed by atoms with Crippen LogP contribution in [0.3, 0.4) is 0 Å². The summed E-state index contributed by atoms with van der Waals surface area (Å²) in [7, 11) is 3.00. The number of carbonyl (C=O) groups is 1. The Morgan fingerprint density at radius 2 is 1.74 bits per heavy atom. The Morgan fingerprint density at radius 1 is 1.16 bits per heavy atom. The molecule has 0 saturated carbocycles. The van der Waals surface area contributed by atoms with Crippen molar-refractivity contribution in [2.24, 2.45) is 0 Å². The highest BCUT2D eigenvalue weighted by Crippen LogP contribution is 2.12. The van der Waals surface area contributed by atoms with E-state index in [1.54, 1.807) is 0 Å². The van der Waals surface area contributed by atoms with Gasteiger partial charge in [-0.05, 0) is 18.2 Å². The van der Waals surface area contributed by atoms with Crippen molar-refractivity contribution in [2.45, 2.75) is 0 Å². The van der Waals surface area contributed by atoms with Gasteiger partial charge >= 0.3 is 0 Å². The molecule has 0 N–H and O–H groups in total. The zero-order valence-corrected chi connectivity index (χ0v) is 11.0. The number of methoxy groups -OCH3 is 2. The number of carbonyl (C=O) groups excluding carboxylic acids is 1. The molecule has 0 aliphatic rings. The smallest absolute Gasteiger partial charge is 0.257 e. The fraction of sp³-hybridized carbons (Fsp3) is 0.462. The third kappa shape index (κ3) is 4.57. The normalized spacial score (nSPS) is 10.5. The fourth-order valence-electron chi connectivity index (χ4n) is 1.55. The number of rotatable bonds is 7. The van der Waals surface area contributed by atoms with Gasteiger partial charge in [0.15, 0.2) is 0 Å². The minimum atomic E-state index is -0.744. The molecule has 19 heavy (non-hydrogen) atoms. The molecule has 0 unspecified atom stereocenters. The molecule has 4 nitrogen and oxygen atoms in total. The quantitative estimate of drug-likeness (QED) is 0.759. The molecule has 0 atom stereocenters. The molecule has 0 spiro atoms. The van der Waals surface area contributed by atoms with Crippen LogP contribution in [-0.4, -0.2) is 51.3 Å². The van der Waals surface area contributed by atoms with Crippen LogP contribution in [0.5, 0.6) is 0 Å². The van der Waals surface area contributed by atoms with Crippen molar-refractivity contribution in [3.63, 3.8) is 0 Å². The van der Waals surface area contributed by atoms with E-state index in [0.29, 0.717) is 13.2 Å². The van der Waals surface area contributed by atoms with Gasteiger partial charge in [-0.3, -0.25) is 4.79 Å². The number of amides is 1. The number of benzene rings is 1. The second-order valence-corrected chi connectivity index (χ2v) is 3.90. The fourth-order valence-corrected chi connectivity index (χ4v) is 1.55. The lowest BCUT2D eigenvalue weighted by Crippen LogP contribution is -2.37. The van der Waals surface area contributed by atoms with Gasteiger partial charge in [-0.1, -0.05) is 0 Å². The molecule has 0 aliphatic carbocycles. The zero-order valence-electron chi connectivity index (χ0n) is 11.0. The van der Waals surface area contributed by atoms with Crippen LogP contribution >= 0.6 is 0 Å². The van der Waals surface area contributed by atoms with Crippen LogP contribution in [0.2, 0.25) is 0 Å². The predicted octanol–water partition coefficient (Wildman–Crippen LogP) is 1.70. The summed E-state index contributed by atoms with van der Waals surface area (Å²) < 4.78 is 36.4. The van der Waals surface area contributed by atoms with Crippen molar-refractivity contribution >= 4 is 5.91 Å². The minimum absolute atomic E-state index is 0.285. The van der Waals surface area contributed by atoms with Crippen molar-refractivity contribution < 1.29 is 23.0 Å². The second kappa shape index (κ2) is 7.81. The Kier molecular flexibility index (Phi) is 6.38. The van der Waals surface area contributed by atoms with Gasteiger partial charge in [-0.2, -0.15) is 0 Å². The number of hydrogen-bond donors (Lipinski definition) is 0. The molecule has 0 aliphatic heterocycles. The van der Waals surface area contributed by atoms with Crippen molar-refractivity contribution in [3.05, 3.63) is 35.4 Å². The van der Waals surface area contributed by atoms with Crippen molar-refractivity contribution in [1.29, 1.82) is 0 Å². The van der Waals surface area contributed by atoms with Gasteiger partial charge in [0.2, 0.25) is 0 Å². The Morgan fingerprint density at radius 3 is 2.26 bits per heavy atom. The summed E-state index contributed by atoms with van der Waals surface area (Å²) in [5, 5.41) is 0. The summed E-state index contributed by atoms with van der Waals surface area (Å²) in [6.45, 7) is 1.20. The van der Waals surface area contributed by atoms with Crippen LogP contribution in [0.15, 0.2) is 18.2 Å². The molecule has 0 radical (unpaired) electrons. The number of halogens is 2. The van der Waals surface area contributed by atoms with Crippen molar-refractivity contribution in [1.82, 2.24) is 4.90 Å². The van der Waals surface area contributed by atoms with Gasteiger partial charge < -0.3 is 14.4 Å². The molecule has 1 aromatic carbocycles. The molecule has 0 bridgehead atoms. The van der Waals surface area contributed by atoms with E-state index in [1.807, 2.05) is 0 Å². The minimum Gasteiger partial charge on any atom is -0.383 e. The van der Waals surface area contributed by atoms with Crippen LogP contribution in [0.4, 0.5) is 8.78 Å². The Bertz CT molecular complexity index is 418. The lowest BCUT2D eigenvalue weighted by atomic mass is 10.1. The lowest BCUT2D eigenvalue weighted by Gasteiger charge is -2.22. The highest BCUT2D eigenvalue weighted by Gasteiger charge is 2.19. The molecule has 1 rings (SSSR count). The molecule has 1 aromatic rings. The van der Waals surface area contributed by atoms with Crippen molar-refractivity contribution in [2.75, 3.05) is 40.5 Å². The summed E-state index contributed by atoms with van der Waals surface area (Å²) >= 11 is 0. The third-order valence-corrected chi connectivity index (χ3v) is 2.58. The molecule has 106 valence electrons. The summed E-state index contributed by atoms with van der Waals surface area (Å²) in [4.78, 5) is 13.5. The van der Waals surface area contributed by atoms with Gasteiger partial charge in [0.05, 0.1) is 18.8 Å². The molecular weight excluding hydrogens is 256 g/mol. The first-order valence-electron chi connectivity index (χ1n) is 5.82. The lowest BCUT2D eigenvalue weighted by molar-refractivity contribution is 0.0622. The van der Waals surface area contributed by atoms with Crippen LogP contribution in [-0.2, 0) is 9.47 Å². The van der Waals surface area contributed by atoms with Gasteiger partial charge in [0.25, 0.3) is 5.91 Å². The molecule has 1 amide bonds. The Labute approximate surface area is 110 Å². The highest BCUT2D eigenvalue weighted by atomic mass is 19.1. The van der Waals surface area contributed by atoms with Crippen molar-refractivity contribution in [3.8, 4) is 0 Å². The summed E-state index contributed by atoms with van der Waals surface area (Å²) in [6, 6.07) is 2.80. The molecule has 0 aromatic heterocycles. The van der Waals surface area contributed by atoms with Crippen LogP contribution in [0, 0.1) is 11.6 Å². The highest BCUT2D eigenvalue weighted by molar-refractivity contribution is 5.94. The maximum absolute atomic E-state index is 13.5. The first-order chi connectivity index (χ1) is 9.10. The molecular formula is C13H17F2NO3. The monoisotopic (exact) mass is 273 g/mol. The molecule has 0 saturated heterocycles. The number of hydrogen-bond acceptors (Lipinski definition) is 3. The van der Waals surface area contributed by atoms with E-state index in [0.717, 1.165) is 18.2 Å². The molecule has 6 heteroatoms. The van der Waals surface area contributed by atoms with Gasteiger partial charge in [-0.25, -0.2) is 8.78 Å². The zero-order chi connectivity index (χ0) is 14.3.